The van der Waals surface area contributed by atoms with Crippen LogP contribution < -0.4 is 5.32 Å². The summed E-state index contributed by atoms with van der Waals surface area (Å²) in [6.45, 7) is 5.32. The first-order valence-corrected chi connectivity index (χ1v) is 5.87. The molecule has 4 heteroatoms. The van der Waals surface area contributed by atoms with E-state index in [1.54, 1.807) is 4.90 Å². The van der Waals surface area contributed by atoms with Gasteiger partial charge in [-0.3, -0.25) is 4.79 Å². The second-order valence-corrected chi connectivity index (χ2v) is 4.09. The first-order valence-electron chi connectivity index (χ1n) is 5.87. The zero-order valence-corrected chi connectivity index (χ0v) is 9.54. The summed E-state index contributed by atoms with van der Waals surface area (Å²) in [6.07, 6.45) is 2.80. The highest BCUT2D eigenvalue weighted by atomic mass is 16.3. The number of amides is 1. The summed E-state index contributed by atoms with van der Waals surface area (Å²) in [5, 5.41) is 12.1. The van der Waals surface area contributed by atoms with Gasteiger partial charge in [-0.15, -0.1) is 0 Å². The quantitative estimate of drug-likeness (QED) is 0.665. The SMILES string of the molecule is CCN(CCO)C(=O)CCC1CCNC1. The van der Waals surface area contributed by atoms with Gasteiger partial charge in [0, 0.05) is 19.5 Å². The lowest BCUT2D eigenvalue weighted by atomic mass is 10.0. The lowest BCUT2D eigenvalue weighted by Gasteiger charge is -2.20. The van der Waals surface area contributed by atoms with E-state index >= 15 is 0 Å². The molecule has 4 nitrogen and oxygen atoms in total. The van der Waals surface area contributed by atoms with Crippen LogP contribution in [0.15, 0.2) is 0 Å². The third kappa shape index (κ3) is 4.18. The molecule has 0 aromatic rings. The summed E-state index contributed by atoms with van der Waals surface area (Å²) < 4.78 is 0. The molecule has 0 radical (unpaired) electrons. The van der Waals surface area contributed by atoms with E-state index in [2.05, 4.69) is 5.32 Å². The Morgan fingerprint density at radius 3 is 2.93 bits per heavy atom. The van der Waals surface area contributed by atoms with E-state index in [4.69, 9.17) is 5.11 Å². The zero-order chi connectivity index (χ0) is 11.1. The van der Waals surface area contributed by atoms with Crippen molar-refractivity contribution in [2.24, 2.45) is 5.92 Å². The number of aliphatic hydroxyl groups is 1. The van der Waals surface area contributed by atoms with E-state index in [9.17, 15) is 4.79 Å². The number of likely N-dealkylation sites (N-methyl/N-ethyl adjacent to an activating group) is 1. The smallest absolute Gasteiger partial charge is 0.222 e. The van der Waals surface area contributed by atoms with Crippen molar-refractivity contribution in [3.05, 3.63) is 0 Å². The molecule has 1 heterocycles. The molecule has 0 aliphatic carbocycles. The minimum absolute atomic E-state index is 0.0601. The maximum Gasteiger partial charge on any atom is 0.222 e. The van der Waals surface area contributed by atoms with Crippen molar-refractivity contribution in [2.45, 2.75) is 26.2 Å². The molecule has 1 atom stereocenters. The van der Waals surface area contributed by atoms with E-state index in [0.29, 0.717) is 25.4 Å². The van der Waals surface area contributed by atoms with Crippen LogP contribution in [-0.2, 0) is 4.79 Å². The normalized spacial score (nSPS) is 20.5. The third-order valence-corrected chi connectivity index (χ3v) is 3.03. The molecule has 0 aromatic carbocycles. The molecular weight excluding hydrogens is 192 g/mol. The number of nitrogens with zero attached hydrogens (tertiary/aromatic N) is 1. The number of rotatable bonds is 6. The summed E-state index contributed by atoms with van der Waals surface area (Å²) >= 11 is 0. The fourth-order valence-corrected chi connectivity index (χ4v) is 2.03. The van der Waals surface area contributed by atoms with E-state index < -0.39 is 0 Å². The number of hydrogen-bond acceptors (Lipinski definition) is 3. The summed E-state index contributed by atoms with van der Waals surface area (Å²) in [7, 11) is 0. The lowest BCUT2D eigenvalue weighted by molar-refractivity contribution is -0.131. The Kier molecular flexibility index (Phi) is 5.65. The van der Waals surface area contributed by atoms with Crippen LogP contribution in [0, 0.1) is 5.92 Å². The summed E-state index contributed by atoms with van der Waals surface area (Å²) in [6, 6.07) is 0. The van der Waals surface area contributed by atoms with Gasteiger partial charge in [0.05, 0.1) is 6.61 Å². The Labute approximate surface area is 91.6 Å². The number of aliphatic hydroxyl groups excluding tert-OH is 1. The van der Waals surface area contributed by atoms with Crippen molar-refractivity contribution in [1.29, 1.82) is 0 Å². The van der Waals surface area contributed by atoms with Crippen molar-refractivity contribution in [2.75, 3.05) is 32.8 Å². The first-order chi connectivity index (χ1) is 7.27. The predicted molar refractivity (Wildman–Crippen MR) is 59.6 cm³/mol. The molecular formula is C11H22N2O2. The van der Waals surface area contributed by atoms with Gasteiger partial charge in [-0.25, -0.2) is 0 Å². The number of carbonyl (C=O) groups is 1. The fourth-order valence-electron chi connectivity index (χ4n) is 2.03. The number of nitrogens with one attached hydrogen (secondary N) is 1. The van der Waals surface area contributed by atoms with Crippen LogP contribution >= 0.6 is 0 Å². The molecule has 1 fully saturated rings. The number of carbonyl (C=O) groups excluding carboxylic acids is 1. The first kappa shape index (κ1) is 12.5. The Bertz CT molecular complexity index is 191. The average Bonchev–Trinajstić information content (AvgIpc) is 2.75. The molecule has 1 rings (SSSR count). The van der Waals surface area contributed by atoms with Crippen LogP contribution in [0.4, 0.5) is 0 Å². The molecule has 1 unspecified atom stereocenters. The highest BCUT2D eigenvalue weighted by Crippen LogP contribution is 2.14. The Hall–Kier alpha value is -0.610. The Morgan fingerprint density at radius 2 is 2.40 bits per heavy atom. The Balaban J connectivity index is 2.20. The molecule has 1 aliphatic rings. The van der Waals surface area contributed by atoms with Crippen LogP contribution in [0.25, 0.3) is 0 Å². The summed E-state index contributed by atoms with van der Waals surface area (Å²) in [4.78, 5) is 13.4. The largest absolute Gasteiger partial charge is 0.395 e. The van der Waals surface area contributed by atoms with Crippen molar-refractivity contribution >= 4 is 5.91 Å². The molecule has 0 saturated carbocycles. The van der Waals surface area contributed by atoms with Gasteiger partial charge in [0.15, 0.2) is 0 Å². The van der Waals surface area contributed by atoms with Crippen molar-refractivity contribution in [3.8, 4) is 0 Å². The minimum atomic E-state index is 0.0601. The van der Waals surface area contributed by atoms with E-state index in [-0.39, 0.29) is 12.5 Å². The molecule has 88 valence electrons. The van der Waals surface area contributed by atoms with Gasteiger partial charge in [0.2, 0.25) is 5.91 Å². The van der Waals surface area contributed by atoms with Crippen LogP contribution in [0.2, 0.25) is 0 Å². The predicted octanol–water partition coefficient (Wildman–Crippen LogP) is 0.217. The molecule has 2 N–H and O–H groups in total. The van der Waals surface area contributed by atoms with Crippen LogP contribution in [0.3, 0.4) is 0 Å². The van der Waals surface area contributed by atoms with Crippen LogP contribution in [0.1, 0.15) is 26.2 Å². The maximum absolute atomic E-state index is 11.7. The van der Waals surface area contributed by atoms with Crippen molar-refractivity contribution in [3.63, 3.8) is 0 Å². The molecule has 0 bridgehead atoms. The molecule has 1 saturated heterocycles. The molecule has 15 heavy (non-hydrogen) atoms. The van der Waals surface area contributed by atoms with Gasteiger partial charge in [-0.1, -0.05) is 0 Å². The van der Waals surface area contributed by atoms with Gasteiger partial charge in [0.25, 0.3) is 0 Å². The maximum atomic E-state index is 11.7. The molecule has 0 spiro atoms. The highest BCUT2D eigenvalue weighted by Gasteiger charge is 2.17. The van der Waals surface area contributed by atoms with Crippen LogP contribution in [-0.4, -0.2) is 48.7 Å². The second-order valence-electron chi connectivity index (χ2n) is 4.09. The zero-order valence-electron chi connectivity index (χ0n) is 9.54. The summed E-state index contributed by atoms with van der Waals surface area (Å²) in [5.74, 6) is 0.847. The summed E-state index contributed by atoms with van der Waals surface area (Å²) in [5.41, 5.74) is 0. The topological polar surface area (TPSA) is 52.6 Å². The van der Waals surface area contributed by atoms with E-state index in [1.807, 2.05) is 6.92 Å². The average molecular weight is 214 g/mol. The monoisotopic (exact) mass is 214 g/mol. The van der Waals surface area contributed by atoms with Gasteiger partial charge < -0.3 is 15.3 Å². The van der Waals surface area contributed by atoms with Gasteiger partial charge >= 0.3 is 0 Å². The van der Waals surface area contributed by atoms with E-state index in [0.717, 1.165) is 19.5 Å². The standard InChI is InChI=1S/C11H22N2O2/c1-2-13(7-8-14)11(15)4-3-10-5-6-12-9-10/h10,12,14H,2-9H2,1H3. The molecule has 1 aliphatic heterocycles. The highest BCUT2D eigenvalue weighted by molar-refractivity contribution is 5.76. The van der Waals surface area contributed by atoms with Crippen molar-refractivity contribution in [1.82, 2.24) is 10.2 Å². The minimum Gasteiger partial charge on any atom is -0.395 e. The molecule has 0 aromatic heterocycles. The van der Waals surface area contributed by atoms with Gasteiger partial charge in [-0.2, -0.15) is 0 Å². The lowest BCUT2D eigenvalue weighted by Crippen LogP contribution is -2.33. The Morgan fingerprint density at radius 1 is 1.60 bits per heavy atom. The van der Waals surface area contributed by atoms with Gasteiger partial charge in [0.1, 0.15) is 0 Å². The van der Waals surface area contributed by atoms with Crippen LogP contribution in [0.5, 0.6) is 0 Å². The fraction of sp³-hybridized carbons (Fsp3) is 0.909. The van der Waals surface area contributed by atoms with Gasteiger partial charge in [-0.05, 0) is 38.8 Å². The number of hydrogen-bond donors (Lipinski definition) is 2. The van der Waals surface area contributed by atoms with E-state index in [1.165, 1.54) is 6.42 Å². The van der Waals surface area contributed by atoms with Crippen molar-refractivity contribution < 1.29 is 9.90 Å². The third-order valence-electron chi connectivity index (χ3n) is 3.03. The second kappa shape index (κ2) is 6.80. The molecule has 1 amide bonds.